The highest BCUT2D eigenvalue weighted by molar-refractivity contribution is 7.92. The fourth-order valence-corrected chi connectivity index (χ4v) is 4.13. The van der Waals surface area contributed by atoms with Crippen molar-refractivity contribution in [2.24, 2.45) is 0 Å². The number of anilines is 1. The van der Waals surface area contributed by atoms with Gasteiger partial charge < -0.3 is 4.74 Å². The zero-order chi connectivity index (χ0) is 16.3. The first-order valence-electron chi connectivity index (χ1n) is 7.15. The maximum Gasteiger partial charge on any atom is 0.262 e. The van der Waals surface area contributed by atoms with Gasteiger partial charge in [0.05, 0.1) is 17.7 Å². The summed E-state index contributed by atoms with van der Waals surface area (Å²) in [5.74, 6) is 0.655. The first kappa shape index (κ1) is 16.4. The summed E-state index contributed by atoms with van der Waals surface area (Å²) in [4.78, 5) is 0.305. The SMILES string of the molecule is CCc1ccccc1NS(=O)(=O)c1c(C)cc(OC)cc1C. The minimum atomic E-state index is -3.64. The minimum absolute atomic E-state index is 0.305. The third kappa shape index (κ3) is 3.25. The summed E-state index contributed by atoms with van der Waals surface area (Å²) in [6.45, 7) is 5.54. The van der Waals surface area contributed by atoms with Crippen LogP contribution in [0.3, 0.4) is 0 Å². The van der Waals surface area contributed by atoms with Gasteiger partial charge in [0.25, 0.3) is 10.0 Å². The minimum Gasteiger partial charge on any atom is -0.497 e. The van der Waals surface area contributed by atoms with Gasteiger partial charge in [-0.1, -0.05) is 25.1 Å². The molecule has 1 N–H and O–H groups in total. The van der Waals surface area contributed by atoms with Crippen molar-refractivity contribution in [3.05, 3.63) is 53.1 Å². The van der Waals surface area contributed by atoms with Crippen LogP contribution in [0.1, 0.15) is 23.6 Å². The zero-order valence-electron chi connectivity index (χ0n) is 13.3. The molecule has 2 aromatic rings. The first-order chi connectivity index (χ1) is 10.4. The van der Waals surface area contributed by atoms with E-state index >= 15 is 0 Å². The topological polar surface area (TPSA) is 55.4 Å². The number of benzene rings is 2. The molecule has 5 heteroatoms. The molecule has 0 aliphatic rings. The molecular formula is C17H21NO3S. The van der Waals surface area contributed by atoms with E-state index in [0.717, 1.165) is 12.0 Å². The monoisotopic (exact) mass is 319 g/mol. The molecule has 0 aliphatic carbocycles. The first-order valence-corrected chi connectivity index (χ1v) is 8.63. The number of methoxy groups -OCH3 is 1. The summed E-state index contributed by atoms with van der Waals surface area (Å²) in [5.41, 5.74) is 2.92. The molecule has 2 rings (SSSR count). The van der Waals surface area contributed by atoms with Crippen molar-refractivity contribution in [3.8, 4) is 5.75 Å². The van der Waals surface area contributed by atoms with Crippen molar-refractivity contribution in [3.63, 3.8) is 0 Å². The van der Waals surface area contributed by atoms with Crippen molar-refractivity contribution < 1.29 is 13.2 Å². The molecular weight excluding hydrogens is 298 g/mol. The van der Waals surface area contributed by atoms with E-state index in [1.807, 2.05) is 25.1 Å². The number of hydrogen-bond acceptors (Lipinski definition) is 3. The van der Waals surface area contributed by atoms with Gasteiger partial charge in [-0.15, -0.1) is 0 Å². The molecule has 0 fully saturated rings. The van der Waals surface area contributed by atoms with Crippen LogP contribution in [0.4, 0.5) is 5.69 Å². The van der Waals surface area contributed by atoms with Gasteiger partial charge in [-0.3, -0.25) is 4.72 Å². The van der Waals surface area contributed by atoms with Crippen LogP contribution in [-0.4, -0.2) is 15.5 Å². The van der Waals surface area contributed by atoms with Crippen LogP contribution in [0.25, 0.3) is 0 Å². The third-order valence-corrected chi connectivity index (χ3v) is 5.25. The van der Waals surface area contributed by atoms with Crippen molar-refractivity contribution in [1.82, 2.24) is 0 Å². The summed E-state index contributed by atoms with van der Waals surface area (Å²) >= 11 is 0. The van der Waals surface area contributed by atoms with Crippen LogP contribution in [-0.2, 0) is 16.4 Å². The average Bonchev–Trinajstić information content (AvgIpc) is 2.46. The Morgan fingerprint density at radius 3 is 2.23 bits per heavy atom. The Bertz CT molecular complexity index is 759. The molecule has 4 nitrogen and oxygen atoms in total. The molecule has 0 heterocycles. The molecule has 0 spiro atoms. The van der Waals surface area contributed by atoms with E-state index in [2.05, 4.69) is 4.72 Å². The normalized spacial score (nSPS) is 11.3. The van der Waals surface area contributed by atoms with Crippen molar-refractivity contribution in [2.45, 2.75) is 32.1 Å². The summed E-state index contributed by atoms with van der Waals surface area (Å²) in [6.07, 6.45) is 0.763. The lowest BCUT2D eigenvalue weighted by molar-refractivity contribution is 0.413. The fraction of sp³-hybridized carbons (Fsp3) is 0.294. The number of ether oxygens (including phenoxy) is 1. The van der Waals surface area contributed by atoms with Crippen molar-refractivity contribution in [1.29, 1.82) is 0 Å². The van der Waals surface area contributed by atoms with Gasteiger partial charge >= 0.3 is 0 Å². The van der Waals surface area contributed by atoms with Gasteiger partial charge in [0.15, 0.2) is 0 Å². The molecule has 0 saturated heterocycles. The predicted octanol–water partition coefficient (Wildman–Crippen LogP) is 3.68. The standard InChI is InChI=1S/C17H21NO3S/c1-5-14-8-6-7-9-16(14)18-22(19,20)17-12(2)10-15(21-4)11-13(17)3/h6-11,18H,5H2,1-4H3. The lowest BCUT2D eigenvalue weighted by Crippen LogP contribution is -2.16. The van der Waals surface area contributed by atoms with Crippen LogP contribution < -0.4 is 9.46 Å². The van der Waals surface area contributed by atoms with Gasteiger partial charge in [-0.25, -0.2) is 8.42 Å². The zero-order valence-corrected chi connectivity index (χ0v) is 14.1. The Kier molecular flexibility index (Phi) is 4.76. The smallest absolute Gasteiger partial charge is 0.262 e. The molecule has 0 bridgehead atoms. The summed E-state index contributed by atoms with van der Waals surface area (Å²) in [7, 11) is -2.07. The Balaban J connectivity index is 2.48. The molecule has 0 aromatic heterocycles. The third-order valence-electron chi connectivity index (χ3n) is 3.58. The van der Waals surface area contributed by atoms with E-state index in [1.165, 1.54) is 0 Å². The van der Waals surface area contributed by atoms with Gasteiger partial charge in [0.1, 0.15) is 5.75 Å². The lowest BCUT2D eigenvalue weighted by Gasteiger charge is -2.16. The van der Waals surface area contributed by atoms with Gasteiger partial charge in [0.2, 0.25) is 0 Å². The quantitative estimate of drug-likeness (QED) is 0.914. The van der Waals surface area contributed by atoms with E-state index in [9.17, 15) is 8.42 Å². The fourth-order valence-electron chi connectivity index (χ4n) is 2.58. The second-order valence-electron chi connectivity index (χ2n) is 5.21. The summed E-state index contributed by atoms with van der Waals surface area (Å²) in [5, 5.41) is 0. The number of rotatable bonds is 5. The number of para-hydroxylation sites is 1. The Hall–Kier alpha value is -2.01. The van der Waals surface area contributed by atoms with Gasteiger partial charge in [0, 0.05) is 0 Å². The van der Waals surface area contributed by atoms with Gasteiger partial charge in [-0.2, -0.15) is 0 Å². The number of hydrogen-bond donors (Lipinski definition) is 1. The molecule has 118 valence electrons. The second kappa shape index (κ2) is 6.40. The van der Waals surface area contributed by atoms with Crippen LogP contribution >= 0.6 is 0 Å². The average molecular weight is 319 g/mol. The molecule has 0 saturated carbocycles. The van der Waals surface area contributed by atoms with Crippen molar-refractivity contribution >= 4 is 15.7 Å². The Morgan fingerprint density at radius 1 is 1.09 bits per heavy atom. The van der Waals surface area contributed by atoms with Crippen LogP contribution in [0, 0.1) is 13.8 Å². The molecule has 0 atom stereocenters. The van der Waals surface area contributed by atoms with Crippen LogP contribution in [0.2, 0.25) is 0 Å². The highest BCUT2D eigenvalue weighted by atomic mass is 32.2. The molecule has 0 unspecified atom stereocenters. The molecule has 2 aromatic carbocycles. The second-order valence-corrected chi connectivity index (χ2v) is 6.83. The van der Waals surface area contributed by atoms with E-state index in [0.29, 0.717) is 27.5 Å². The maximum absolute atomic E-state index is 12.8. The number of sulfonamides is 1. The highest BCUT2D eigenvalue weighted by Crippen LogP contribution is 2.28. The lowest BCUT2D eigenvalue weighted by atomic mass is 10.1. The van der Waals surface area contributed by atoms with E-state index < -0.39 is 10.0 Å². The molecule has 0 aliphatic heterocycles. The summed E-state index contributed by atoms with van der Waals surface area (Å²) < 4.78 is 33.4. The molecule has 0 radical (unpaired) electrons. The number of aryl methyl sites for hydroxylation is 3. The van der Waals surface area contributed by atoms with E-state index in [1.54, 1.807) is 39.2 Å². The van der Waals surface area contributed by atoms with E-state index in [4.69, 9.17) is 4.74 Å². The van der Waals surface area contributed by atoms with Crippen molar-refractivity contribution in [2.75, 3.05) is 11.8 Å². The van der Waals surface area contributed by atoms with Crippen LogP contribution in [0.5, 0.6) is 5.75 Å². The Morgan fingerprint density at radius 2 is 1.68 bits per heavy atom. The highest BCUT2D eigenvalue weighted by Gasteiger charge is 2.21. The number of nitrogens with one attached hydrogen (secondary N) is 1. The largest absolute Gasteiger partial charge is 0.497 e. The van der Waals surface area contributed by atoms with Gasteiger partial charge in [-0.05, 0) is 55.2 Å². The molecule has 22 heavy (non-hydrogen) atoms. The van der Waals surface area contributed by atoms with E-state index in [-0.39, 0.29) is 0 Å². The van der Waals surface area contributed by atoms with Crippen LogP contribution in [0.15, 0.2) is 41.3 Å². The molecule has 0 amide bonds. The maximum atomic E-state index is 12.8. The predicted molar refractivity (Wildman–Crippen MR) is 89.1 cm³/mol. The summed E-state index contributed by atoms with van der Waals surface area (Å²) in [6, 6.07) is 10.9. The Labute approximate surface area is 132 Å².